The lowest BCUT2D eigenvalue weighted by atomic mass is 10.1. The molecule has 2 aromatic carbocycles. The predicted octanol–water partition coefficient (Wildman–Crippen LogP) is 2.31. The van der Waals surface area contributed by atoms with E-state index in [9.17, 15) is 50.7 Å². The number of carbonyl (C=O) groups excluding carboxylic acids is 2. The van der Waals surface area contributed by atoms with E-state index < -0.39 is 67.8 Å². The van der Waals surface area contributed by atoms with Crippen molar-refractivity contribution in [3.05, 3.63) is 118 Å². The van der Waals surface area contributed by atoms with Gasteiger partial charge in [-0.3, -0.25) is 9.59 Å². The summed E-state index contributed by atoms with van der Waals surface area (Å²) in [7, 11) is -7.36. The Hall–Kier alpha value is -6.70. The van der Waals surface area contributed by atoms with Crippen LogP contribution in [0.25, 0.3) is 12.2 Å². The number of aryl methyl sites for hydroxylation is 1. The molecule has 0 saturated carbocycles. The molecule has 4 heterocycles. The summed E-state index contributed by atoms with van der Waals surface area (Å²) in [5.74, 6) is -1.25. The number of terminal acetylenes is 1. The highest BCUT2D eigenvalue weighted by Gasteiger charge is 2.34. The van der Waals surface area contributed by atoms with Crippen LogP contribution in [-0.4, -0.2) is 72.3 Å². The van der Waals surface area contributed by atoms with E-state index in [-0.39, 0.29) is 61.4 Å². The third-order valence-corrected chi connectivity index (χ3v) is 12.0. The van der Waals surface area contributed by atoms with Crippen LogP contribution in [0.3, 0.4) is 0 Å². The summed E-state index contributed by atoms with van der Waals surface area (Å²) < 4.78 is 88.8. The maximum Gasteiger partial charge on any atom is 0.272 e. The van der Waals surface area contributed by atoms with E-state index in [0.717, 1.165) is 30.5 Å². The summed E-state index contributed by atoms with van der Waals surface area (Å²) in [5, 5.41) is 44.7. The Morgan fingerprint density at radius 1 is 0.862 bits per heavy atom. The Labute approximate surface area is 330 Å². The molecule has 2 aliphatic heterocycles. The summed E-state index contributed by atoms with van der Waals surface area (Å²) in [6.07, 6.45) is 12.2. The van der Waals surface area contributed by atoms with E-state index in [1.807, 2.05) is 5.92 Å². The molecule has 0 fully saturated rings. The Kier molecular flexibility index (Phi) is 11.3. The molecule has 0 aliphatic carbocycles. The van der Waals surface area contributed by atoms with Crippen molar-refractivity contribution >= 4 is 55.4 Å². The van der Waals surface area contributed by atoms with E-state index >= 15 is 0 Å². The molecule has 2 amide bonds. The zero-order valence-corrected chi connectivity index (χ0v) is 31.5. The van der Waals surface area contributed by atoms with Crippen LogP contribution in [0.2, 0.25) is 0 Å². The number of aliphatic hydroxyl groups is 2. The molecule has 296 valence electrons. The van der Waals surface area contributed by atoms with Crippen molar-refractivity contribution in [1.82, 2.24) is 18.6 Å². The second-order valence-corrected chi connectivity index (χ2v) is 16.2. The Morgan fingerprint density at radius 2 is 1.36 bits per heavy atom. The molecule has 0 bridgehead atoms. The first kappa shape index (κ1) is 40.9. The van der Waals surface area contributed by atoms with Gasteiger partial charge in [-0.25, -0.2) is 35.1 Å². The normalized spacial score (nSPS) is 18.7. The molecule has 58 heavy (non-hydrogen) atoms. The van der Waals surface area contributed by atoms with Crippen molar-refractivity contribution in [2.24, 2.45) is 7.05 Å². The van der Waals surface area contributed by atoms with Gasteiger partial charge in [-0.15, -0.1) is 6.42 Å². The number of benzene rings is 2. The molecule has 4 atom stereocenters. The van der Waals surface area contributed by atoms with E-state index in [2.05, 4.69) is 20.1 Å². The molecule has 6 rings (SSSR count). The average molecular weight is 829 g/mol. The standard InChI is InChI=1S/C38H30F2N8O8S2/c1-3-31(49)29-12-9-26-34(58(55,56)45-29)20-48(36(26)38(52)44-24-7-11-28(40)22(16-24)18-42)14-4-5-32(50)30-13-8-25-33(57(53,54)46-30)19-47(2)35(25)37(51)43-23-6-10-27(39)21(15-23)17-41/h1,4-13,15-16,19-20,29-32,45-46,49-50H,14H2,2H3,(H,43,51)(H,44,52)/b5-4+/t29-,30+,31?,32?/m1/s1. The molecular formula is C38H30F2N8O8S2. The van der Waals surface area contributed by atoms with Gasteiger partial charge in [0.05, 0.1) is 29.3 Å². The largest absolute Gasteiger partial charge is 0.387 e. The van der Waals surface area contributed by atoms with Crippen molar-refractivity contribution < 1.29 is 45.4 Å². The number of rotatable bonds is 9. The molecule has 2 unspecified atom stereocenters. The van der Waals surface area contributed by atoms with Crippen molar-refractivity contribution in [3.63, 3.8) is 0 Å². The third kappa shape index (κ3) is 8.08. The maximum absolute atomic E-state index is 14.0. The number of hydrogen-bond acceptors (Lipinski definition) is 10. The van der Waals surface area contributed by atoms with Crippen molar-refractivity contribution in [3.8, 4) is 24.5 Å². The van der Waals surface area contributed by atoms with Gasteiger partial charge >= 0.3 is 0 Å². The number of aliphatic hydroxyl groups excluding tert-OH is 2. The van der Waals surface area contributed by atoms with E-state index in [0.29, 0.717) is 0 Å². The zero-order chi connectivity index (χ0) is 42.1. The fourth-order valence-electron chi connectivity index (χ4n) is 6.21. The highest BCUT2D eigenvalue weighted by Crippen LogP contribution is 2.30. The molecular weight excluding hydrogens is 799 g/mol. The average Bonchev–Trinajstić information content (AvgIpc) is 3.65. The van der Waals surface area contributed by atoms with Crippen LogP contribution in [0, 0.1) is 46.6 Å². The van der Waals surface area contributed by atoms with Crippen molar-refractivity contribution in [1.29, 1.82) is 10.5 Å². The number of nitrogens with zero attached hydrogens (tertiary/aromatic N) is 4. The molecule has 0 saturated heterocycles. The highest BCUT2D eigenvalue weighted by molar-refractivity contribution is 7.90. The SMILES string of the molecule is C#CC(O)[C@H]1C=Cc2c(cn(C/C=C/C(O)[C@@H]3C=Cc4c(cn(C)c4C(=O)Nc4ccc(F)c(C#N)c4)S(=O)(=O)N3)c2C(=O)Nc2ccc(F)c(C#N)c2)S(=O)(=O)N1. The quantitative estimate of drug-likeness (QED) is 0.106. The van der Waals surface area contributed by atoms with E-state index in [1.165, 1.54) is 71.0 Å². The Bertz CT molecular complexity index is 2830. The van der Waals surface area contributed by atoms with Crippen LogP contribution >= 0.6 is 0 Å². The van der Waals surface area contributed by atoms with Gasteiger partial charge in [0.25, 0.3) is 11.8 Å². The second kappa shape index (κ2) is 16.0. The minimum Gasteiger partial charge on any atom is -0.387 e. The summed E-state index contributed by atoms with van der Waals surface area (Å²) >= 11 is 0. The first-order chi connectivity index (χ1) is 27.5. The monoisotopic (exact) mass is 828 g/mol. The molecule has 6 N–H and O–H groups in total. The minimum absolute atomic E-state index is 0.00693. The lowest BCUT2D eigenvalue weighted by molar-refractivity contribution is 0.101. The van der Waals surface area contributed by atoms with Crippen molar-refractivity contribution in [2.45, 2.75) is 40.6 Å². The minimum atomic E-state index is -4.42. The number of amides is 2. The van der Waals surface area contributed by atoms with Gasteiger partial charge in [0.1, 0.15) is 51.1 Å². The van der Waals surface area contributed by atoms with Crippen molar-refractivity contribution in [2.75, 3.05) is 10.6 Å². The fourth-order valence-corrected chi connectivity index (χ4v) is 9.07. The summed E-state index contributed by atoms with van der Waals surface area (Å²) in [4.78, 5) is 26.4. The number of carbonyl (C=O) groups is 2. The predicted molar refractivity (Wildman–Crippen MR) is 204 cm³/mol. The molecule has 2 aliphatic rings. The van der Waals surface area contributed by atoms with Crippen LogP contribution in [0.15, 0.2) is 82.9 Å². The first-order valence-electron chi connectivity index (χ1n) is 16.8. The Balaban J connectivity index is 1.29. The molecule has 2 aromatic heterocycles. The number of allylic oxidation sites excluding steroid dienone is 1. The van der Waals surface area contributed by atoms with E-state index in [1.54, 1.807) is 12.1 Å². The maximum atomic E-state index is 14.0. The van der Waals surface area contributed by atoms with Gasteiger partial charge in [0.2, 0.25) is 20.0 Å². The topological polar surface area (TPSA) is 248 Å². The number of aromatic nitrogens is 2. The molecule has 4 aromatic rings. The molecule has 16 nitrogen and oxygen atoms in total. The number of nitriles is 2. The lowest BCUT2D eigenvalue weighted by Crippen LogP contribution is -2.40. The van der Waals surface area contributed by atoms with Gasteiger partial charge in [-0.05, 0) is 36.4 Å². The number of halogens is 2. The summed E-state index contributed by atoms with van der Waals surface area (Å²) in [5.41, 5.74) is -1.09. The highest BCUT2D eigenvalue weighted by atomic mass is 32.2. The molecule has 20 heteroatoms. The van der Waals surface area contributed by atoms with Crippen LogP contribution in [0.5, 0.6) is 0 Å². The zero-order valence-electron chi connectivity index (χ0n) is 29.9. The van der Waals surface area contributed by atoms with Crippen LogP contribution in [-0.2, 0) is 33.6 Å². The second-order valence-electron chi connectivity index (χ2n) is 12.8. The van der Waals surface area contributed by atoms with Gasteiger partial charge in [-0.2, -0.15) is 10.5 Å². The van der Waals surface area contributed by atoms with Gasteiger partial charge in [0, 0.05) is 48.5 Å². The lowest BCUT2D eigenvalue weighted by Gasteiger charge is -2.17. The summed E-state index contributed by atoms with van der Waals surface area (Å²) in [6.45, 7) is -0.273. The number of sulfonamides is 2. The molecule has 0 radical (unpaired) electrons. The number of nitrogens with one attached hydrogen (secondary N) is 4. The smallest absolute Gasteiger partial charge is 0.272 e. The number of anilines is 2. The van der Waals surface area contributed by atoms with E-state index in [4.69, 9.17) is 11.7 Å². The first-order valence-corrected chi connectivity index (χ1v) is 19.8. The molecule has 0 spiro atoms. The third-order valence-electron chi connectivity index (χ3n) is 9.00. The van der Waals surface area contributed by atoms with Crippen LogP contribution in [0.4, 0.5) is 20.2 Å². The fraction of sp³-hybridized carbons (Fsp3) is 0.158. The van der Waals surface area contributed by atoms with Gasteiger partial charge in [0.15, 0.2) is 0 Å². The van der Waals surface area contributed by atoms with Gasteiger partial charge < -0.3 is 30.0 Å². The number of hydrogen-bond donors (Lipinski definition) is 6. The van der Waals surface area contributed by atoms with Gasteiger partial charge in [-0.1, -0.05) is 42.4 Å². The van der Waals surface area contributed by atoms with Crippen LogP contribution in [0.1, 0.15) is 43.2 Å². The van der Waals surface area contributed by atoms with Crippen LogP contribution < -0.4 is 20.1 Å². The Morgan fingerprint density at radius 3 is 1.91 bits per heavy atom. The number of fused-ring (bicyclic) bond motifs is 2. The summed E-state index contributed by atoms with van der Waals surface area (Å²) in [6, 6.07) is 7.35.